The fourth-order valence-electron chi connectivity index (χ4n) is 6.30. The van der Waals surface area contributed by atoms with Crippen molar-refractivity contribution in [3.8, 4) is 11.5 Å². The third-order valence-corrected chi connectivity index (χ3v) is 9.14. The van der Waals surface area contributed by atoms with Gasteiger partial charge in [0.05, 0.1) is 11.6 Å². The van der Waals surface area contributed by atoms with Crippen LogP contribution in [0.2, 0.25) is 0 Å². The maximum absolute atomic E-state index is 13.0. The summed E-state index contributed by atoms with van der Waals surface area (Å²) in [5, 5.41) is 48.6. The van der Waals surface area contributed by atoms with E-state index in [4.69, 9.17) is 4.74 Å². The Bertz CT molecular complexity index is 2140. The molecule has 1 aliphatic rings. The van der Waals surface area contributed by atoms with Gasteiger partial charge in [-0.05, 0) is 59.5 Å². The molecule has 1 aliphatic heterocycles. The molecule has 1 aromatic heterocycles. The molecule has 2 amide bonds. The highest BCUT2D eigenvalue weighted by atomic mass is 16.5. The van der Waals surface area contributed by atoms with E-state index in [-0.39, 0.29) is 64.7 Å². The number of carboxylic acid groups (broad SMARTS) is 1. The number of phenols is 1. The number of hydrogen-bond donors (Lipinski definition) is 7. The van der Waals surface area contributed by atoms with Crippen molar-refractivity contribution in [2.45, 2.75) is 30.7 Å². The predicted octanol–water partition coefficient (Wildman–Crippen LogP) is 2.79. The number of nitrogens with zero attached hydrogens (tertiary/aromatic N) is 1. The van der Waals surface area contributed by atoms with Gasteiger partial charge in [0.15, 0.2) is 6.61 Å². The number of nitrogens with one attached hydrogen (secondary N) is 3. The fraction of sp³-hybridized carbons (Fsp3) is 0.231. The number of phenolic OH excluding ortho intramolecular Hbond substituents is 1. The number of H-pyrrole nitrogens is 1. The Kier molecular flexibility index (Phi) is 10.7. The van der Waals surface area contributed by atoms with Crippen LogP contribution in [0.15, 0.2) is 108 Å². The molecule has 268 valence electrons. The number of ether oxygens (including phenoxy) is 1. The van der Waals surface area contributed by atoms with E-state index in [0.717, 1.165) is 5.56 Å². The van der Waals surface area contributed by atoms with Crippen molar-refractivity contribution in [2.24, 2.45) is 0 Å². The number of likely N-dealkylation sites (tertiary alicyclic amines) is 1. The number of benzene rings is 4. The maximum Gasteiger partial charge on any atom is 0.345 e. The summed E-state index contributed by atoms with van der Waals surface area (Å²) in [4.78, 5) is 53.9. The van der Waals surface area contributed by atoms with Crippen LogP contribution < -0.4 is 20.9 Å². The molecule has 2 heterocycles. The van der Waals surface area contributed by atoms with E-state index in [0.29, 0.717) is 42.6 Å². The van der Waals surface area contributed by atoms with Crippen molar-refractivity contribution in [1.29, 1.82) is 0 Å². The lowest BCUT2D eigenvalue weighted by atomic mass is 9.86. The molecule has 0 aliphatic carbocycles. The topological polar surface area (TPSA) is 202 Å². The van der Waals surface area contributed by atoms with Crippen molar-refractivity contribution in [1.82, 2.24) is 20.5 Å². The number of aromatic hydroxyl groups is 1. The molecule has 3 unspecified atom stereocenters. The lowest BCUT2D eigenvalue weighted by Crippen LogP contribution is -2.39. The summed E-state index contributed by atoms with van der Waals surface area (Å²) in [6.45, 7) is 1.05. The number of carbonyl (C=O) groups is 3. The second-order valence-electron chi connectivity index (χ2n) is 12.6. The van der Waals surface area contributed by atoms with Crippen LogP contribution in [0.5, 0.6) is 11.5 Å². The van der Waals surface area contributed by atoms with Crippen molar-refractivity contribution >= 4 is 28.7 Å². The van der Waals surface area contributed by atoms with Crippen LogP contribution in [0.3, 0.4) is 0 Å². The lowest BCUT2D eigenvalue weighted by molar-refractivity contribution is -0.155. The Morgan fingerprint density at radius 3 is 2.44 bits per heavy atom. The SMILES string of the molecule is O=C(NC1CCN(C(=O)COc2cccc(C(O)(C(=O)O)c3ccccc3)c2)C1)c1ccc(CNCC(O)c2ccc(O)c3[nH]c(=O)ccc23)cc1. The number of aliphatic carboxylic acids is 1. The second-order valence-corrected chi connectivity index (χ2v) is 12.6. The Hall–Kier alpha value is -6.02. The van der Waals surface area contributed by atoms with Crippen LogP contribution in [0.1, 0.15) is 45.1 Å². The first-order chi connectivity index (χ1) is 25.0. The Labute approximate surface area is 298 Å². The fourth-order valence-corrected chi connectivity index (χ4v) is 6.30. The first-order valence-electron chi connectivity index (χ1n) is 16.7. The summed E-state index contributed by atoms with van der Waals surface area (Å²) in [7, 11) is 0. The van der Waals surface area contributed by atoms with E-state index >= 15 is 0 Å². The normalized spacial score (nSPS) is 15.9. The maximum atomic E-state index is 13.0. The van der Waals surface area contributed by atoms with Crippen molar-refractivity contribution in [2.75, 3.05) is 26.2 Å². The van der Waals surface area contributed by atoms with Crippen LogP contribution in [-0.4, -0.2) is 80.4 Å². The van der Waals surface area contributed by atoms with Crippen LogP contribution >= 0.6 is 0 Å². The first-order valence-corrected chi connectivity index (χ1v) is 16.7. The number of carbonyl (C=O) groups excluding carboxylic acids is 2. The molecule has 0 radical (unpaired) electrons. The van der Waals surface area contributed by atoms with Gasteiger partial charge in [-0.2, -0.15) is 0 Å². The Morgan fingerprint density at radius 2 is 1.69 bits per heavy atom. The minimum atomic E-state index is -2.30. The van der Waals surface area contributed by atoms with E-state index in [2.05, 4.69) is 15.6 Å². The molecule has 13 nitrogen and oxygen atoms in total. The molecule has 1 fully saturated rings. The van der Waals surface area contributed by atoms with Gasteiger partial charge in [0, 0.05) is 54.8 Å². The summed E-state index contributed by atoms with van der Waals surface area (Å²) in [5.41, 5.74) is -0.219. The molecule has 52 heavy (non-hydrogen) atoms. The predicted molar refractivity (Wildman–Crippen MR) is 191 cm³/mol. The molecular weight excluding hydrogens is 668 g/mol. The Balaban J connectivity index is 0.964. The molecule has 6 rings (SSSR count). The number of carboxylic acids is 1. The van der Waals surface area contributed by atoms with Crippen LogP contribution in [0, 0.1) is 0 Å². The number of pyridine rings is 1. The quantitative estimate of drug-likeness (QED) is 0.0955. The minimum Gasteiger partial charge on any atom is -0.506 e. The number of rotatable bonds is 13. The monoisotopic (exact) mass is 706 g/mol. The van der Waals surface area contributed by atoms with Gasteiger partial charge in [0.1, 0.15) is 11.5 Å². The minimum absolute atomic E-state index is 0.0797. The van der Waals surface area contributed by atoms with E-state index < -0.39 is 17.7 Å². The molecule has 3 atom stereocenters. The van der Waals surface area contributed by atoms with E-state index in [1.807, 2.05) is 12.1 Å². The zero-order valence-electron chi connectivity index (χ0n) is 28.0. The van der Waals surface area contributed by atoms with Gasteiger partial charge in [-0.1, -0.05) is 60.7 Å². The smallest absolute Gasteiger partial charge is 0.345 e. The third-order valence-electron chi connectivity index (χ3n) is 9.14. The third kappa shape index (κ3) is 7.81. The summed E-state index contributed by atoms with van der Waals surface area (Å²) in [5.74, 6) is -1.87. The molecule has 5 aromatic rings. The highest BCUT2D eigenvalue weighted by molar-refractivity contribution is 5.94. The number of aliphatic hydroxyl groups excluding tert-OH is 1. The van der Waals surface area contributed by atoms with Crippen molar-refractivity contribution in [3.63, 3.8) is 0 Å². The highest BCUT2D eigenvalue weighted by Gasteiger charge is 2.40. The number of fused-ring (bicyclic) bond motifs is 1. The van der Waals surface area contributed by atoms with Crippen molar-refractivity contribution in [3.05, 3.63) is 141 Å². The molecule has 0 saturated carbocycles. The largest absolute Gasteiger partial charge is 0.506 e. The molecule has 0 spiro atoms. The standard InChI is InChI=1S/C39H38N4O9/c44-32-15-13-30(31-14-16-34(46)42-36(31)32)33(45)21-40-20-24-9-11-25(12-10-24)37(48)41-28-17-18-43(22-28)35(47)23-52-29-8-4-7-27(19-29)39(51,38(49)50)26-5-2-1-3-6-26/h1-16,19,28,33,40,44-45,51H,17-18,20-23H2,(H,41,48)(H,42,46)(H,49,50). The van der Waals surface area contributed by atoms with Gasteiger partial charge < -0.3 is 45.7 Å². The zero-order chi connectivity index (χ0) is 36.8. The molecule has 13 heteroatoms. The molecule has 0 bridgehead atoms. The van der Waals surface area contributed by atoms with Crippen LogP contribution in [0.25, 0.3) is 10.9 Å². The number of amides is 2. The molecule has 4 aromatic carbocycles. The van der Waals surface area contributed by atoms with Gasteiger partial charge in [-0.15, -0.1) is 0 Å². The number of aromatic amines is 1. The van der Waals surface area contributed by atoms with Gasteiger partial charge in [0.2, 0.25) is 11.2 Å². The number of aromatic nitrogens is 1. The summed E-state index contributed by atoms with van der Waals surface area (Å²) < 4.78 is 5.69. The van der Waals surface area contributed by atoms with Crippen LogP contribution in [-0.2, 0) is 21.7 Å². The molecule has 7 N–H and O–H groups in total. The van der Waals surface area contributed by atoms with Crippen molar-refractivity contribution < 1.29 is 39.5 Å². The average molecular weight is 707 g/mol. The van der Waals surface area contributed by atoms with Crippen LogP contribution in [0.4, 0.5) is 0 Å². The number of hydrogen-bond acceptors (Lipinski definition) is 9. The summed E-state index contributed by atoms with van der Waals surface area (Å²) >= 11 is 0. The van der Waals surface area contributed by atoms with E-state index in [1.165, 1.54) is 36.4 Å². The molecular formula is C39H38N4O9. The van der Waals surface area contributed by atoms with E-state index in [1.54, 1.807) is 59.5 Å². The zero-order valence-corrected chi connectivity index (χ0v) is 28.0. The number of aliphatic hydroxyl groups is 2. The lowest BCUT2D eigenvalue weighted by Gasteiger charge is -2.25. The van der Waals surface area contributed by atoms with Gasteiger partial charge in [-0.3, -0.25) is 14.4 Å². The Morgan fingerprint density at radius 1 is 0.942 bits per heavy atom. The first kappa shape index (κ1) is 35.8. The summed E-state index contributed by atoms with van der Waals surface area (Å²) in [6.07, 6.45) is -0.341. The van der Waals surface area contributed by atoms with Gasteiger partial charge in [-0.25, -0.2) is 4.79 Å². The molecule has 1 saturated heterocycles. The summed E-state index contributed by atoms with van der Waals surface area (Å²) in [6, 6.07) is 26.7. The highest BCUT2D eigenvalue weighted by Crippen LogP contribution is 2.32. The van der Waals surface area contributed by atoms with Gasteiger partial charge in [0.25, 0.3) is 11.8 Å². The van der Waals surface area contributed by atoms with E-state index in [9.17, 15) is 39.6 Å². The van der Waals surface area contributed by atoms with Gasteiger partial charge >= 0.3 is 5.97 Å². The second kappa shape index (κ2) is 15.5. The average Bonchev–Trinajstić information content (AvgIpc) is 3.63.